The first-order valence-electron chi connectivity index (χ1n) is 9.23. The highest BCUT2D eigenvalue weighted by Crippen LogP contribution is 2.28. The molecule has 27 heavy (non-hydrogen) atoms. The first kappa shape index (κ1) is 20.0. The number of carbonyl (C=O) groups excluding carboxylic acids is 1. The number of carbonyl (C=O) groups is 1. The van der Waals surface area contributed by atoms with Crippen molar-refractivity contribution in [2.24, 2.45) is 11.7 Å². The second-order valence-corrected chi connectivity index (χ2v) is 8.16. The van der Waals surface area contributed by atoms with E-state index in [0.29, 0.717) is 16.0 Å². The van der Waals surface area contributed by atoms with Gasteiger partial charge in [0.15, 0.2) is 0 Å². The number of nitrogens with one attached hydrogen (secondary N) is 1. The predicted octanol–water partition coefficient (Wildman–Crippen LogP) is 5.25. The molecule has 0 spiro atoms. The summed E-state index contributed by atoms with van der Waals surface area (Å²) in [5.41, 5.74) is 9.62. The third-order valence-corrected chi connectivity index (χ3v) is 5.64. The second-order valence-electron chi connectivity index (χ2n) is 7.29. The van der Waals surface area contributed by atoms with E-state index >= 15 is 0 Å². The van der Waals surface area contributed by atoms with Crippen molar-refractivity contribution in [1.82, 2.24) is 4.90 Å². The molecule has 4 nitrogen and oxygen atoms in total. The number of halogens is 2. The molecule has 2 aromatic carbocycles. The largest absolute Gasteiger partial charge is 0.351 e. The van der Waals surface area contributed by atoms with Crippen molar-refractivity contribution in [2.45, 2.75) is 32.7 Å². The van der Waals surface area contributed by atoms with Gasteiger partial charge in [0.05, 0.1) is 0 Å². The van der Waals surface area contributed by atoms with E-state index < -0.39 is 6.03 Å². The van der Waals surface area contributed by atoms with Gasteiger partial charge in [-0.05, 0) is 86.1 Å². The molecule has 0 saturated carbocycles. The Hall–Kier alpha value is -1.75. The van der Waals surface area contributed by atoms with E-state index in [1.165, 1.54) is 5.56 Å². The Labute approximate surface area is 170 Å². The summed E-state index contributed by atoms with van der Waals surface area (Å²) in [5, 5.41) is 4.14. The van der Waals surface area contributed by atoms with Gasteiger partial charge in [-0.1, -0.05) is 35.3 Å². The minimum absolute atomic E-state index is 0.527. The molecule has 1 fully saturated rings. The fourth-order valence-corrected chi connectivity index (χ4v) is 4.37. The number of rotatable bonds is 5. The lowest BCUT2D eigenvalue weighted by Crippen LogP contribution is -2.34. The molecule has 0 bridgehead atoms. The number of likely N-dealkylation sites (tertiary alicyclic amines) is 1. The lowest BCUT2D eigenvalue weighted by molar-refractivity contribution is 0.177. The molecule has 3 N–H and O–H groups in total. The van der Waals surface area contributed by atoms with Crippen molar-refractivity contribution in [2.75, 3.05) is 18.4 Å². The number of benzene rings is 2. The van der Waals surface area contributed by atoms with E-state index in [4.69, 9.17) is 28.9 Å². The quantitative estimate of drug-likeness (QED) is 0.713. The minimum atomic E-state index is -0.527. The first-order chi connectivity index (χ1) is 12.9. The fraction of sp³-hybridized carbons (Fsp3) is 0.381. The number of anilines is 1. The molecule has 1 aliphatic heterocycles. The van der Waals surface area contributed by atoms with Crippen molar-refractivity contribution < 1.29 is 4.79 Å². The predicted molar refractivity (Wildman–Crippen MR) is 113 cm³/mol. The second kappa shape index (κ2) is 8.96. The summed E-state index contributed by atoms with van der Waals surface area (Å²) in [6.45, 7) is 4.95. The molecular formula is C21H25Cl2N3O. The molecule has 2 aromatic rings. The molecule has 144 valence electrons. The SMILES string of the molecule is Cc1cccc(NC(N)=O)c1CN1CCC(Cc2cc(Cl)cc(Cl)c2)CC1. The molecule has 3 rings (SSSR count). The Morgan fingerprint density at radius 3 is 2.48 bits per heavy atom. The van der Waals surface area contributed by atoms with Gasteiger partial charge in [0.1, 0.15) is 0 Å². The number of primary amides is 1. The fourth-order valence-electron chi connectivity index (χ4n) is 3.80. The Balaban J connectivity index is 1.59. The van der Waals surface area contributed by atoms with Gasteiger partial charge in [0, 0.05) is 22.3 Å². The van der Waals surface area contributed by atoms with Crippen LogP contribution >= 0.6 is 23.2 Å². The van der Waals surface area contributed by atoms with Crippen molar-refractivity contribution in [3.05, 3.63) is 63.1 Å². The van der Waals surface area contributed by atoms with Crippen LogP contribution in [0, 0.1) is 12.8 Å². The standard InChI is InChI=1S/C21H25Cl2N3O/c1-14-3-2-4-20(25-21(24)27)19(14)13-26-7-5-15(6-8-26)9-16-10-17(22)12-18(23)11-16/h2-4,10-12,15H,5-9,13H2,1H3,(H3,24,25,27). The maximum Gasteiger partial charge on any atom is 0.316 e. The van der Waals surface area contributed by atoms with Gasteiger partial charge < -0.3 is 11.1 Å². The van der Waals surface area contributed by atoms with Gasteiger partial charge in [0.2, 0.25) is 0 Å². The molecule has 0 unspecified atom stereocenters. The van der Waals surface area contributed by atoms with Crippen molar-refractivity contribution >= 4 is 34.9 Å². The van der Waals surface area contributed by atoms with E-state index in [9.17, 15) is 4.79 Å². The van der Waals surface area contributed by atoms with Crippen LogP contribution < -0.4 is 11.1 Å². The van der Waals surface area contributed by atoms with Crippen LogP contribution in [0.1, 0.15) is 29.5 Å². The number of aryl methyl sites for hydroxylation is 1. The molecular weight excluding hydrogens is 381 g/mol. The Morgan fingerprint density at radius 2 is 1.85 bits per heavy atom. The number of nitrogens with zero attached hydrogens (tertiary/aromatic N) is 1. The highest BCUT2D eigenvalue weighted by atomic mass is 35.5. The lowest BCUT2D eigenvalue weighted by Gasteiger charge is -2.33. The van der Waals surface area contributed by atoms with Crippen LogP contribution in [0.4, 0.5) is 10.5 Å². The highest BCUT2D eigenvalue weighted by molar-refractivity contribution is 6.34. The molecule has 0 aromatic heterocycles. The zero-order valence-corrected chi connectivity index (χ0v) is 17.0. The normalized spacial score (nSPS) is 15.7. The smallest absolute Gasteiger partial charge is 0.316 e. The average molecular weight is 406 g/mol. The van der Waals surface area contributed by atoms with Crippen LogP contribution in [0.2, 0.25) is 10.0 Å². The Morgan fingerprint density at radius 1 is 1.19 bits per heavy atom. The maximum absolute atomic E-state index is 11.3. The van der Waals surface area contributed by atoms with Crippen molar-refractivity contribution in [3.63, 3.8) is 0 Å². The summed E-state index contributed by atoms with van der Waals surface area (Å²) < 4.78 is 0. The monoisotopic (exact) mass is 405 g/mol. The van der Waals surface area contributed by atoms with E-state index in [0.717, 1.165) is 55.7 Å². The number of nitrogens with two attached hydrogens (primary N) is 1. The highest BCUT2D eigenvalue weighted by Gasteiger charge is 2.21. The topological polar surface area (TPSA) is 58.4 Å². The summed E-state index contributed by atoms with van der Waals surface area (Å²) in [6.07, 6.45) is 3.27. The number of piperidine rings is 1. The molecule has 0 radical (unpaired) electrons. The number of hydrogen-bond acceptors (Lipinski definition) is 2. The Bertz CT molecular complexity index is 797. The molecule has 0 aliphatic carbocycles. The Kier molecular flexibility index (Phi) is 6.64. The zero-order valence-electron chi connectivity index (χ0n) is 15.5. The van der Waals surface area contributed by atoms with Gasteiger partial charge in [0.25, 0.3) is 0 Å². The van der Waals surface area contributed by atoms with Gasteiger partial charge in [-0.3, -0.25) is 4.90 Å². The number of amides is 2. The van der Waals surface area contributed by atoms with Gasteiger partial charge in [-0.2, -0.15) is 0 Å². The minimum Gasteiger partial charge on any atom is -0.351 e. The summed E-state index contributed by atoms with van der Waals surface area (Å²) in [6, 6.07) is 11.2. The van der Waals surface area contributed by atoms with Crippen molar-refractivity contribution in [3.8, 4) is 0 Å². The third kappa shape index (κ3) is 5.61. The van der Waals surface area contributed by atoms with Crippen molar-refractivity contribution in [1.29, 1.82) is 0 Å². The van der Waals surface area contributed by atoms with Crippen LogP contribution in [0.3, 0.4) is 0 Å². The summed E-state index contributed by atoms with van der Waals surface area (Å²) >= 11 is 12.2. The van der Waals surface area contributed by atoms with Crippen LogP contribution in [0.25, 0.3) is 0 Å². The van der Waals surface area contributed by atoms with Crippen LogP contribution in [0.5, 0.6) is 0 Å². The lowest BCUT2D eigenvalue weighted by atomic mass is 9.90. The van der Waals surface area contributed by atoms with E-state index in [-0.39, 0.29) is 0 Å². The van der Waals surface area contributed by atoms with E-state index in [1.54, 1.807) is 6.07 Å². The third-order valence-electron chi connectivity index (χ3n) is 5.20. The molecule has 1 heterocycles. The van der Waals surface area contributed by atoms with Gasteiger partial charge in [-0.25, -0.2) is 4.79 Å². The molecule has 2 amide bonds. The van der Waals surface area contributed by atoms with E-state index in [1.807, 2.05) is 24.3 Å². The van der Waals surface area contributed by atoms with Crippen LogP contribution in [-0.4, -0.2) is 24.0 Å². The molecule has 1 aliphatic rings. The summed E-state index contributed by atoms with van der Waals surface area (Å²) in [4.78, 5) is 13.7. The average Bonchev–Trinajstić information content (AvgIpc) is 2.58. The summed E-state index contributed by atoms with van der Waals surface area (Å²) in [5.74, 6) is 0.635. The molecule has 1 saturated heterocycles. The van der Waals surface area contributed by atoms with Crippen LogP contribution in [-0.2, 0) is 13.0 Å². The zero-order chi connectivity index (χ0) is 19.4. The first-order valence-corrected chi connectivity index (χ1v) is 9.98. The number of hydrogen-bond donors (Lipinski definition) is 2. The molecule has 0 atom stereocenters. The van der Waals surface area contributed by atoms with Gasteiger partial charge in [-0.15, -0.1) is 0 Å². The van der Waals surface area contributed by atoms with Gasteiger partial charge >= 0.3 is 6.03 Å². The van der Waals surface area contributed by atoms with Crippen LogP contribution in [0.15, 0.2) is 36.4 Å². The number of urea groups is 1. The summed E-state index contributed by atoms with van der Waals surface area (Å²) in [7, 11) is 0. The van der Waals surface area contributed by atoms with E-state index in [2.05, 4.69) is 23.2 Å². The maximum atomic E-state index is 11.3. The molecule has 6 heteroatoms.